The van der Waals surface area contributed by atoms with Gasteiger partial charge in [-0.3, -0.25) is 19.3 Å². The molecule has 1 heterocycles. The van der Waals surface area contributed by atoms with E-state index in [2.05, 4.69) is 10.3 Å². The standard InChI is InChI=1S/C37H34N4O8S/c1-16-20-13-14-21(40-36-39-15-22(50-36)19-11-9-18(10-12-19)17-7-5-4-6-8-17)29(42)24(20)30(43)25-23(16)31(44)27-28(41(2)3)32(45)26(35(38)48)34(47)37(27,49)33(25)46/h4-16,23,27-28,31,42-44,47,49H,1-3H3,(H2,38,48)(H,39,40)/t16-,23?,27?,28-,31-,37-/m0/s1. The van der Waals surface area contributed by atoms with Gasteiger partial charge in [-0.1, -0.05) is 78.9 Å². The van der Waals surface area contributed by atoms with E-state index >= 15 is 0 Å². The van der Waals surface area contributed by atoms with Gasteiger partial charge in [-0.25, -0.2) is 4.98 Å². The highest BCUT2D eigenvalue weighted by Crippen LogP contribution is 2.57. The number of rotatable bonds is 6. The molecule has 3 aliphatic rings. The van der Waals surface area contributed by atoms with Gasteiger partial charge in [0.2, 0.25) is 5.78 Å². The third-order valence-electron chi connectivity index (χ3n) is 10.2. The average molecular weight is 695 g/mol. The number of anilines is 2. The number of aromatic nitrogens is 1. The molecular weight excluding hydrogens is 660 g/mol. The molecule has 3 aliphatic carbocycles. The highest BCUT2D eigenvalue weighted by Gasteiger charge is 2.68. The van der Waals surface area contributed by atoms with Crippen LogP contribution in [0.25, 0.3) is 27.3 Å². The zero-order valence-corrected chi connectivity index (χ0v) is 28.0. The molecule has 0 radical (unpaired) electrons. The number of phenolic OH excluding ortho intramolecular Hbond substituents is 1. The summed E-state index contributed by atoms with van der Waals surface area (Å²) in [5, 5.41) is 61.5. The summed E-state index contributed by atoms with van der Waals surface area (Å²) in [6, 6.07) is 19.8. The Balaban J connectivity index is 1.25. The molecule has 0 spiro atoms. The molecule has 1 aromatic heterocycles. The molecule has 8 N–H and O–H groups in total. The molecule has 1 saturated carbocycles. The minimum atomic E-state index is -2.98. The zero-order chi connectivity index (χ0) is 35.8. The quantitative estimate of drug-likeness (QED) is 0.113. The number of phenols is 1. The number of aromatic hydroxyl groups is 1. The molecule has 2 unspecified atom stereocenters. The summed E-state index contributed by atoms with van der Waals surface area (Å²) in [5.41, 5.74) is 4.55. The highest BCUT2D eigenvalue weighted by molar-refractivity contribution is 7.19. The number of ketones is 2. The Morgan fingerprint density at radius 2 is 1.60 bits per heavy atom. The van der Waals surface area contributed by atoms with Gasteiger partial charge in [0.25, 0.3) is 5.91 Å². The van der Waals surface area contributed by atoms with Crippen molar-refractivity contribution >= 4 is 45.4 Å². The van der Waals surface area contributed by atoms with Crippen LogP contribution in [0.15, 0.2) is 89.8 Å². The molecule has 256 valence electrons. The van der Waals surface area contributed by atoms with E-state index in [9.17, 15) is 39.9 Å². The highest BCUT2D eigenvalue weighted by atomic mass is 32.1. The predicted molar refractivity (Wildman–Crippen MR) is 187 cm³/mol. The number of benzene rings is 3. The lowest BCUT2D eigenvalue weighted by Crippen LogP contribution is -2.70. The van der Waals surface area contributed by atoms with E-state index in [1.54, 1.807) is 25.3 Å². The second kappa shape index (κ2) is 11.9. The van der Waals surface area contributed by atoms with E-state index in [4.69, 9.17) is 5.73 Å². The van der Waals surface area contributed by atoms with Gasteiger partial charge in [-0.05, 0) is 48.3 Å². The number of aliphatic hydroxyl groups excluding tert-OH is 3. The van der Waals surface area contributed by atoms with Crippen molar-refractivity contribution < 1.29 is 39.9 Å². The first-order valence-corrected chi connectivity index (χ1v) is 16.7. The Hall–Kier alpha value is -5.34. The van der Waals surface area contributed by atoms with E-state index in [-0.39, 0.29) is 11.3 Å². The number of likely N-dealkylation sites (N-methyl/N-ethyl adjacent to an activating group) is 1. The molecular formula is C37H34N4O8S. The first kappa shape index (κ1) is 33.2. The van der Waals surface area contributed by atoms with E-state index in [1.165, 1.54) is 30.3 Å². The molecule has 3 aromatic carbocycles. The van der Waals surface area contributed by atoms with Gasteiger partial charge in [0.05, 0.1) is 34.2 Å². The second-order valence-corrected chi connectivity index (χ2v) is 14.1. The van der Waals surface area contributed by atoms with Crippen molar-refractivity contribution in [1.82, 2.24) is 9.88 Å². The third-order valence-corrected chi connectivity index (χ3v) is 11.1. The van der Waals surface area contributed by atoms with Crippen LogP contribution in [0, 0.1) is 11.8 Å². The number of fused-ring (bicyclic) bond motifs is 3. The van der Waals surface area contributed by atoms with Gasteiger partial charge in [0, 0.05) is 17.7 Å². The molecule has 12 nitrogen and oxygen atoms in total. The van der Waals surface area contributed by atoms with Crippen molar-refractivity contribution in [2.24, 2.45) is 17.6 Å². The molecule has 0 aliphatic heterocycles. The van der Waals surface area contributed by atoms with Gasteiger partial charge in [0.15, 0.2) is 16.5 Å². The molecule has 7 rings (SSSR count). The Morgan fingerprint density at radius 3 is 2.24 bits per heavy atom. The number of thiazole rings is 1. The van der Waals surface area contributed by atoms with E-state index in [0.29, 0.717) is 10.7 Å². The van der Waals surface area contributed by atoms with Crippen LogP contribution >= 0.6 is 11.3 Å². The number of nitrogens with two attached hydrogens (primary N) is 1. The summed E-state index contributed by atoms with van der Waals surface area (Å²) in [6.07, 6.45) is 0.0306. The summed E-state index contributed by atoms with van der Waals surface area (Å²) in [6.45, 7) is 1.68. The van der Waals surface area contributed by atoms with E-state index in [1.807, 2.05) is 54.6 Å². The van der Waals surface area contributed by atoms with Crippen molar-refractivity contribution in [3.8, 4) is 27.3 Å². The Kier molecular flexibility index (Phi) is 7.90. The number of hydrogen-bond donors (Lipinski definition) is 7. The lowest BCUT2D eigenvalue weighted by Gasteiger charge is -2.53. The number of nitrogens with one attached hydrogen (secondary N) is 1. The summed E-state index contributed by atoms with van der Waals surface area (Å²) < 4.78 is 0. The van der Waals surface area contributed by atoms with Crippen molar-refractivity contribution in [2.75, 3.05) is 19.4 Å². The van der Waals surface area contributed by atoms with Crippen LogP contribution in [0.4, 0.5) is 10.8 Å². The minimum Gasteiger partial charge on any atom is -0.508 e. The SMILES string of the molecule is C[C@H]1c2ccc(Nc3ncc(-c4ccc(-c5ccccc5)cc4)s3)c(O)c2C(O)=C2C(=O)[C@]3(O)C(O)=C(C(N)=O)C(=O)[C@@H](N(C)C)C3[C@@H](O)C21. The van der Waals surface area contributed by atoms with Crippen LogP contribution < -0.4 is 11.1 Å². The normalized spacial score (nSPS) is 26.1. The third kappa shape index (κ3) is 4.76. The van der Waals surface area contributed by atoms with Gasteiger partial charge in [-0.2, -0.15) is 0 Å². The fourth-order valence-corrected chi connectivity index (χ4v) is 8.59. The van der Waals surface area contributed by atoms with Crippen LogP contribution in [0.5, 0.6) is 5.75 Å². The summed E-state index contributed by atoms with van der Waals surface area (Å²) >= 11 is 1.34. The summed E-state index contributed by atoms with van der Waals surface area (Å²) in [5.74, 6) is -9.43. The maximum atomic E-state index is 14.2. The molecule has 0 saturated heterocycles. The number of carbonyl (C=O) groups excluding carboxylic acids is 3. The lowest BCUT2D eigenvalue weighted by molar-refractivity contribution is -0.169. The van der Waals surface area contributed by atoms with Crippen molar-refractivity contribution in [1.29, 1.82) is 0 Å². The zero-order valence-electron chi connectivity index (χ0n) is 27.2. The molecule has 50 heavy (non-hydrogen) atoms. The molecule has 1 fully saturated rings. The molecule has 1 amide bonds. The van der Waals surface area contributed by atoms with Crippen molar-refractivity contribution in [3.05, 3.63) is 101 Å². The first-order chi connectivity index (χ1) is 23.8. The molecule has 4 aromatic rings. The largest absolute Gasteiger partial charge is 0.508 e. The van der Waals surface area contributed by atoms with Crippen molar-refractivity contribution in [3.63, 3.8) is 0 Å². The number of Topliss-reactive ketones (excluding diaryl/α,β-unsaturated/α-hetero) is 2. The number of primary amides is 1. The smallest absolute Gasteiger partial charge is 0.255 e. The molecule has 13 heteroatoms. The summed E-state index contributed by atoms with van der Waals surface area (Å²) in [4.78, 5) is 46.5. The van der Waals surface area contributed by atoms with Gasteiger partial charge >= 0.3 is 0 Å². The van der Waals surface area contributed by atoms with Gasteiger partial charge in [0.1, 0.15) is 22.8 Å². The number of carbonyl (C=O) groups is 3. The van der Waals surface area contributed by atoms with Crippen LogP contribution in [0.3, 0.4) is 0 Å². The number of aliphatic hydroxyl groups is 4. The summed E-state index contributed by atoms with van der Waals surface area (Å²) in [7, 11) is 2.92. The lowest BCUT2D eigenvalue weighted by atomic mass is 9.54. The van der Waals surface area contributed by atoms with Crippen LogP contribution in [0.1, 0.15) is 24.0 Å². The fraction of sp³-hybridized carbons (Fsp3) is 0.243. The van der Waals surface area contributed by atoms with Crippen molar-refractivity contribution in [2.45, 2.75) is 30.6 Å². The van der Waals surface area contributed by atoms with Crippen LogP contribution in [-0.2, 0) is 14.4 Å². The number of amides is 1. The Labute approximate surface area is 290 Å². The maximum absolute atomic E-state index is 14.2. The molecule has 0 bridgehead atoms. The predicted octanol–water partition coefficient (Wildman–Crippen LogP) is 4.03. The van der Waals surface area contributed by atoms with Gasteiger partial charge < -0.3 is 36.6 Å². The van der Waals surface area contributed by atoms with Crippen LogP contribution in [-0.4, -0.2) is 84.7 Å². The van der Waals surface area contributed by atoms with E-state index in [0.717, 1.165) is 21.6 Å². The topological polar surface area (TPSA) is 207 Å². The minimum absolute atomic E-state index is 0.112. The monoisotopic (exact) mass is 694 g/mol. The fourth-order valence-electron chi connectivity index (χ4n) is 7.76. The maximum Gasteiger partial charge on any atom is 0.255 e. The number of hydrogen-bond acceptors (Lipinski definition) is 12. The average Bonchev–Trinajstić information content (AvgIpc) is 3.56. The number of nitrogens with zero attached hydrogens (tertiary/aromatic N) is 2. The van der Waals surface area contributed by atoms with E-state index < -0.39 is 81.4 Å². The Morgan fingerprint density at radius 1 is 0.960 bits per heavy atom. The second-order valence-electron chi connectivity index (χ2n) is 13.1. The first-order valence-electron chi connectivity index (χ1n) is 15.8. The van der Waals surface area contributed by atoms with Gasteiger partial charge in [-0.15, -0.1) is 0 Å². The Bertz CT molecular complexity index is 2140. The van der Waals surface area contributed by atoms with Crippen LogP contribution in [0.2, 0.25) is 0 Å². The molecule has 6 atom stereocenters.